The molecule has 0 fully saturated rings. The smallest absolute Gasteiger partial charge is 0.113 e. The van der Waals surface area contributed by atoms with Crippen LogP contribution in [0.5, 0.6) is 0 Å². The van der Waals surface area contributed by atoms with Gasteiger partial charge in [0, 0.05) is 24.4 Å². The quantitative estimate of drug-likeness (QED) is 0.574. The molecule has 4 rings (SSSR count). The lowest BCUT2D eigenvalue weighted by Crippen LogP contribution is -2.26. The fourth-order valence-corrected chi connectivity index (χ4v) is 3.56. The van der Waals surface area contributed by atoms with Crippen LogP contribution in [0.25, 0.3) is 27.6 Å². The molecule has 0 N–H and O–H groups in total. The van der Waals surface area contributed by atoms with Gasteiger partial charge in [-0.05, 0) is 29.2 Å². The van der Waals surface area contributed by atoms with E-state index in [2.05, 4.69) is 98.0 Å². The first-order chi connectivity index (χ1) is 11.5. The Labute approximate surface area is 143 Å². The highest BCUT2D eigenvalue weighted by molar-refractivity contribution is 6.09. The van der Waals surface area contributed by atoms with Gasteiger partial charge in [-0.25, -0.2) is 0 Å². The summed E-state index contributed by atoms with van der Waals surface area (Å²) in [6, 6.07) is 17.4. The average molecular weight is 316 g/mol. The Morgan fingerprint density at radius 3 is 1.92 bits per heavy atom. The summed E-state index contributed by atoms with van der Waals surface area (Å²) in [6.45, 7) is 7.79. The van der Waals surface area contributed by atoms with Gasteiger partial charge in [0.05, 0.1) is 11.0 Å². The van der Waals surface area contributed by atoms with Crippen LogP contribution in [0.15, 0.2) is 66.3 Å². The predicted molar refractivity (Wildman–Crippen MR) is 104 cm³/mol. The van der Waals surface area contributed by atoms with Crippen LogP contribution in [0.4, 0.5) is 0 Å². The minimum atomic E-state index is 0.158. The number of likely N-dealkylation sites (N-methyl/N-ethyl adjacent to an activating group) is 1. The molecule has 0 amide bonds. The molecule has 122 valence electrons. The van der Waals surface area contributed by atoms with Crippen molar-refractivity contribution >= 4 is 27.6 Å². The van der Waals surface area contributed by atoms with Gasteiger partial charge < -0.3 is 4.90 Å². The molecule has 0 spiro atoms. The second-order valence-corrected chi connectivity index (χ2v) is 7.66. The average Bonchev–Trinajstić information content (AvgIpc) is 2.89. The van der Waals surface area contributed by atoms with E-state index in [0.29, 0.717) is 0 Å². The molecule has 0 saturated heterocycles. The summed E-state index contributed by atoms with van der Waals surface area (Å²) in [5.41, 5.74) is 4.10. The van der Waals surface area contributed by atoms with Crippen molar-refractivity contribution in [1.29, 1.82) is 0 Å². The molecule has 0 radical (unpaired) electrons. The van der Waals surface area contributed by atoms with E-state index in [1.54, 1.807) is 0 Å². The van der Waals surface area contributed by atoms with Gasteiger partial charge >= 0.3 is 0 Å². The van der Waals surface area contributed by atoms with Crippen molar-refractivity contribution < 1.29 is 0 Å². The van der Waals surface area contributed by atoms with E-state index in [4.69, 9.17) is 0 Å². The summed E-state index contributed by atoms with van der Waals surface area (Å²) in [5.74, 6) is 1.25. The van der Waals surface area contributed by atoms with Crippen molar-refractivity contribution in [3.63, 3.8) is 0 Å². The number of fused-ring (bicyclic) bond motifs is 3. The normalized spacial score (nSPS) is 15.8. The maximum Gasteiger partial charge on any atom is 0.113 e. The zero-order valence-corrected chi connectivity index (χ0v) is 14.9. The van der Waals surface area contributed by atoms with Gasteiger partial charge in [0.25, 0.3) is 0 Å². The lowest BCUT2D eigenvalue weighted by atomic mass is 9.85. The summed E-state index contributed by atoms with van der Waals surface area (Å²) in [6.07, 6.45) is 4.69. The van der Waals surface area contributed by atoms with Crippen LogP contribution >= 0.6 is 0 Å². The Bertz CT molecular complexity index is 927. The molecule has 0 atom stereocenters. The lowest BCUT2D eigenvalue weighted by Gasteiger charge is -2.31. The zero-order valence-electron chi connectivity index (χ0n) is 14.9. The summed E-state index contributed by atoms with van der Waals surface area (Å²) in [5, 5.41) is 2.63. The molecule has 0 aliphatic carbocycles. The number of aromatic nitrogens is 1. The standard InChI is InChI=1S/C22H24N2/c1-22(2,3)16-13-14-23(4)21(15-16)24-19-11-7-5-9-17(19)18-10-6-8-12-20(18)24/h5-13,15H,14H2,1-4H3. The van der Waals surface area contributed by atoms with Crippen LogP contribution < -0.4 is 0 Å². The van der Waals surface area contributed by atoms with E-state index < -0.39 is 0 Å². The Morgan fingerprint density at radius 1 is 0.833 bits per heavy atom. The second kappa shape index (κ2) is 5.27. The molecule has 1 aliphatic heterocycles. The minimum absolute atomic E-state index is 0.158. The van der Waals surface area contributed by atoms with Crippen LogP contribution in [0, 0.1) is 5.41 Å². The SMILES string of the molecule is CN1CC=C(C(C)(C)C)C=C1n1c2ccccc2c2ccccc21. The zero-order chi connectivity index (χ0) is 16.9. The number of hydrogen-bond donors (Lipinski definition) is 0. The fraction of sp³-hybridized carbons (Fsp3) is 0.273. The van der Waals surface area contributed by atoms with E-state index in [9.17, 15) is 0 Å². The molecule has 24 heavy (non-hydrogen) atoms. The van der Waals surface area contributed by atoms with Crippen molar-refractivity contribution in [2.24, 2.45) is 5.41 Å². The first-order valence-electron chi connectivity index (χ1n) is 8.59. The number of benzene rings is 2. The van der Waals surface area contributed by atoms with Gasteiger partial charge in [-0.1, -0.05) is 63.2 Å². The van der Waals surface area contributed by atoms with E-state index in [1.807, 2.05) is 0 Å². The predicted octanol–water partition coefficient (Wildman–Crippen LogP) is 5.51. The van der Waals surface area contributed by atoms with Gasteiger partial charge in [0.1, 0.15) is 5.82 Å². The molecule has 1 aliphatic rings. The largest absolute Gasteiger partial charge is 0.357 e. The molecule has 0 unspecified atom stereocenters. The first kappa shape index (κ1) is 15.1. The number of para-hydroxylation sites is 2. The van der Waals surface area contributed by atoms with Gasteiger partial charge in [0.15, 0.2) is 0 Å². The summed E-state index contributed by atoms with van der Waals surface area (Å²) in [4.78, 5) is 2.33. The van der Waals surface area contributed by atoms with E-state index in [-0.39, 0.29) is 5.41 Å². The molecule has 2 aromatic carbocycles. The number of nitrogens with zero attached hydrogens (tertiary/aromatic N) is 2. The molecule has 0 saturated carbocycles. The third kappa shape index (κ3) is 2.25. The number of hydrogen-bond acceptors (Lipinski definition) is 1. The molecular weight excluding hydrogens is 292 g/mol. The summed E-state index contributed by atoms with van der Waals surface area (Å²) >= 11 is 0. The van der Waals surface area contributed by atoms with Crippen molar-refractivity contribution in [1.82, 2.24) is 9.47 Å². The minimum Gasteiger partial charge on any atom is -0.357 e. The van der Waals surface area contributed by atoms with Gasteiger partial charge in [-0.2, -0.15) is 0 Å². The molecule has 2 heteroatoms. The Kier molecular flexibility index (Phi) is 3.31. The molecule has 2 nitrogen and oxygen atoms in total. The highest BCUT2D eigenvalue weighted by Crippen LogP contribution is 2.36. The Balaban J connectivity index is 2.04. The van der Waals surface area contributed by atoms with Crippen molar-refractivity contribution in [2.45, 2.75) is 20.8 Å². The van der Waals surface area contributed by atoms with Crippen molar-refractivity contribution in [3.05, 3.63) is 66.3 Å². The van der Waals surface area contributed by atoms with Crippen LogP contribution in [0.3, 0.4) is 0 Å². The van der Waals surface area contributed by atoms with Gasteiger partial charge in [0.2, 0.25) is 0 Å². The molecular formula is C22H24N2. The van der Waals surface area contributed by atoms with E-state index >= 15 is 0 Å². The molecule has 0 bridgehead atoms. The Morgan fingerprint density at radius 2 is 1.38 bits per heavy atom. The van der Waals surface area contributed by atoms with Crippen LogP contribution in [0.2, 0.25) is 0 Å². The van der Waals surface area contributed by atoms with Crippen LogP contribution in [-0.2, 0) is 0 Å². The third-order valence-electron chi connectivity index (χ3n) is 4.94. The van der Waals surface area contributed by atoms with Gasteiger partial charge in [-0.15, -0.1) is 0 Å². The monoisotopic (exact) mass is 316 g/mol. The summed E-state index contributed by atoms with van der Waals surface area (Å²) < 4.78 is 2.41. The Hall–Kier alpha value is -2.48. The highest BCUT2D eigenvalue weighted by atomic mass is 15.3. The lowest BCUT2D eigenvalue weighted by molar-refractivity contribution is 0.468. The topological polar surface area (TPSA) is 8.17 Å². The third-order valence-corrected chi connectivity index (χ3v) is 4.94. The fourth-order valence-electron chi connectivity index (χ4n) is 3.56. The maximum absolute atomic E-state index is 2.41. The van der Waals surface area contributed by atoms with E-state index in [0.717, 1.165) is 6.54 Å². The van der Waals surface area contributed by atoms with E-state index in [1.165, 1.54) is 33.2 Å². The maximum atomic E-state index is 2.41. The summed E-state index contributed by atoms with van der Waals surface area (Å²) in [7, 11) is 2.17. The number of rotatable bonds is 1. The molecule has 2 heterocycles. The number of allylic oxidation sites excluding steroid dienone is 2. The van der Waals surface area contributed by atoms with Crippen LogP contribution in [-0.4, -0.2) is 23.1 Å². The van der Waals surface area contributed by atoms with Crippen LogP contribution in [0.1, 0.15) is 20.8 Å². The second-order valence-electron chi connectivity index (χ2n) is 7.66. The highest BCUT2D eigenvalue weighted by Gasteiger charge is 2.23. The van der Waals surface area contributed by atoms with Gasteiger partial charge in [-0.3, -0.25) is 4.57 Å². The molecule has 3 aromatic rings. The van der Waals surface area contributed by atoms with Crippen molar-refractivity contribution in [3.8, 4) is 0 Å². The molecule has 1 aromatic heterocycles. The van der Waals surface area contributed by atoms with Crippen molar-refractivity contribution in [2.75, 3.05) is 13.6 Å². The first-order valence-corrected chi connectivity index (χ1v) is 8.59.